The Morgan fingerprint density at radius 2 is 2.14 bits per heavy atom. The Morgan fingerprint density at radius 3 is 2.73 bits per heavy atom. The number of hydrogen-bond donors (Lipinski definition) is 0. The van der Waals surface area contributed by atoms with E-state index in [4.69, 9.17) is 16.3 Å². The number of amides is 1. The van der Waals surface area contributed by atoms with Gasteiger partial charge in [-0.1, -0.05) is 23.7 Å². The third kappa shape index (κ3) is 3.57. The number of aromatic nitrogens is 1. The summed E-state index contributed by atoms with van der Waals surface area (Å²) in [5.74, 6) is 0.711. The first-order valence-electron chi connectivity index (χ1n) is 7.13. The van der Waals surface area contributed by atoms with Crippen molar-refractivity contribution in [2.24, 2.45) is 0 Å². The first-order chi connectivity index (χ1) is 10.6. The van der Waals surface area contributed by atoms with Crippen molar-refractivity contribution in [2.45, 2.75) is 19.9 Å². The predicted octanol–water partition coefficient (Wildman–Crippen LogP) is 3.97. The van der Waals surface area contributed by atoms with E-state index < -0.39 is 0 Å². The average molecular weight is 319 g/mol. The summed E-state index contributed by atoms with van der Waals surface area (Å²) >= 11 is 5.77. The van der Waals surface area contributed by atoms with Gasteiger partial charge in [-0.15, -0.1) is 0 Å². The normalized spacial score (nSPS) is 11.8. The second kappa shape index (κ2) is 7.27. The molecule has 0 fully saturated rings. The maximum atomic E-state index is 12.7. The highest BCUT2D eigenvalue weighted by Crippen LogP contribution is 2.25. The van der Waals surface area contributed by atoms with Gasteiger partial charge in [-0.2, -0.15) is 0 Å². The number of hydrogen-bond acceptors (Lipinski definition) is 3. The summed E-state index contributed by atoms with van der Waals surface area (Å²) in [5.41, 5.74) is 1.55. The molecule has 1 atom stereocenters. The topological polar surface area (TPSA) is 42.4 Å². The van der Waals surface area contributed by atoms with Crippen LogP contribution in [0.15, 0.2) is 42.6 Å². The number of halogens is 1. The van der Waals surface area contributed by atoms with Crippen LogP contribution in [-0.4, -0.2) is 29.4 Å². The van der Waals surface area contributed by atoms with E-state index in [1.54, 1.807) is 24.1 Å². The first-order valence-corrected chi connectivity index (χ1v) is 7.51. The Labute approximate surface area is 135 Å². The Kier molecular flexibility index (Phi) is 5.39. The highest BCUT2D eigenvalue weighted by molar-refractivity contribution is 6.29. The molecule has 1 amide bonds. The van der Waals surface area contributed by atoms with Crippen molar-refractivity contribution in [3.8, 4) is 5.75 Å². The third-order valence-corrected chi connectivity index (χ3v) is 3.84. The Hall–Kier alpha value is -2.07. The molecule has 0 aliphatic carbocycles. The molecule has 0 N–H and O–H groups in total. The van der Waals surface area contributed by atoms with Gasteiger partial charge in [0.2, 0.25) is 0 Å². The van der Waals surface area contributed by atoms with Crippen molar-refractivity contribution in [3.05, 3.63) is 58.9 Å². The molecule has 0 aliphatic rings. The molecule has 0 aliphatic heterocycles. The molecule has 22 heavy (non-hydrogen) atoms. The van der Waals surface area contributed by atoms with Gasteiger partial charge in [0.05, 0.1) is 18.7 Å². The number of pyridine rings is 1. The minimum atomic E-state index is -0.0676. The minimum absolute atomic E-state index is 0.0664. The molecular formula is C17H19ClN2O2. The van der Waals surface area contributed by atoms with Gasteiger partial charge in [-0.3, -0.25) is 4.79 Å². The Morgan fingerprint density at radius 1 is 1.36 bits per heavy atom. The van der Waals surface area contributed by atoms with Crippen LogP contribution in [0.1, 0.15) is 35.8 Å². The third-order valence-electron chi connectivity index (χ3n) is 3.62. The molecule has 0 bridgehead atoms. The van der Waals surface area contributed by atoms with Gasteiger partial charge in [-0.05, 0) is 43.7 Å². The quantitative estimate of drug-likeness (QED) is 0.783. The van der Waals surface area contributed by atoms with E-state index in [2.05, 4.69) is 4.98 Å². The molecule has 2 rings (SSSR count). The lowest BCUT2D eigenvalue weighted by molar-refractivity contribution is 0.0701. The lowest BCUT2D eigenvalue weighted by Crippen LogP contribution is -2.33. The number of ether oxygens (including phenoxy) is 1. The van der Waals surface area contributed by atoms with Crippen LogP contribution in [0.25, 0.3) is 0 Å². The lowest BCUT2D eigenvalue weighted by Gasteiger charge is -2.28. The van der Waals surface area contributed by atoms with Crippen LogP contribution in [0, 0.1) is 0 Å². The van der Waals surface area contributed by atoms with E-state index in [9.17, 15) is 4.79 Å². The monoisotopic (exact) mass is 318 g/mol. The molecule has 0 saturated heterocycles. The Balaban J connectivity index is 2.26. The molecule has 4 nitrogen and oxygen atoms in total. The summed E-state index contributed by atoms with van der Waals surface area (Å²) < 4.78 is 5.25. The fourth-order valence-corrected chi connectivity index (χ4v) is 2.45. The summed E-state index contributed by atoms with van der Waals surface area (Å²) in [4.78, 5) is 18.4. The summed E-state index contributed by atoms with van der Waals surface area (Å²) in [6.07, 6.45) is 1.51. The van der Waals surface area contributed by atoms with Crippen LogP contribution >= 0.6 is 11.6 Å². The fraction of sp³-hybridized carbons (Fsp3) is 0.294. The highest BCUT2D eigenvalue weighted by Gasteiger charge is 2.21. The second-order valence-electron chi connectivity index (χ2n) is 4.91. The van der Waals surface area contributed by atoms with Gasteiger partial charge in [0, 0.05) is 12.7 Å². The van der Waals surface area contributed by atoms with Crippen molar-refractivity contribution < 1.29 is 9.53 Å². The zero-order valence-electron chi connectivity index (χ0n) is 12.9. The molecule has 1 aromatic carbocycles. The fourth-order valence-electron chi connectivity index (χ4n) is 2.34. The molecule has 0 spiro atoms. The molecular weight excluding hydrogens is 300 g/mol. The van der Waals surface area contributed by atoms with Crippen LogP contribution in [0.5, 0.6) is 5.75 Å². The molecule has 1 unspecified atom stereocenters. The summed E-state index contributed by atoms with van der Waals surface area (Å²) in [7, 11) is 1.63. The molecule has 1 aromatic heterocycles. The van der Waals surface area contributed by atoms with E-state index in [0.29, 0.717) is 17.3 Å². The van der Waals surface area contributed by atoms with E-state index in [1.807, 2.05) is 38.1 Å². The summed E-state index contributed by atoms with van der Waals surface area (Å²) in [6, 6.07) is 11.0. The van der Waals surface area contributed by atoms with Crippen LogP contribution in [-0.2, 0) is 0 Å². The van der Waals surface area contributed by atoms with Gasteiger partial charge < -0.3 is 9.64 Å². The van der Waals surface area contributed by atoms with Gasteiger partial charge in [0.15, 0.2) is 0 Å². The van der Waals surface area contributed by atoms with E-state index >= 15 is 0 Å². The number of rotatable bonds is 5. The first kappa shape index (κ1) is 16.3. The van der Waals surface area contributed by atoms with E-state index in [0.717, 1.165) is 11.3 Å². The van der Waals surface area contributed by atoms with Gasteiger partial charge >= 0.3 is 0 Å². The van der Waals surface area contributed by atoms with Crippen LogP contribution in [0.3, 0.4) is 0 Å². The summed E-state index contributed by atoms with van der Waals surface area (Å²) in [6.45, 7) is 4.55. The lowest BCUT2D eigenvalue weighted by atomic mass is 10.1. The van der Waals surface area contributed by atoms with Gasteiger partial charge in [0.25, 0.3) is 5.91 Å². The van der Waals surface area contributed by atoms with Gasteiger partial charge in [0.1, 0.15) is 10.9 Å². The van der Waals surface area contributed by atoms with Crippen LogP contribution in [0.4, 0.5) is 0 Å². The van der Waals surface area contributed by atoms with E-state index in [-0.39, 0.29) is 11.9 Å². The van der Waals surface area contributed by atoms with Crippen molar-refractivity contribution in [1.82, 2.24) is 9.88 Å². The molecule has 0 saturated carbocycles. The maximum Gasteiger partial charge on any atom is 0.255 e. The van der Waals surface area contributed by atoms with Crippen molar-refractivity contribution in [3.63, 3.8) is 0 Å². The average Bonchev–Trinajstić information content (AvgIpc) is 2.56. The predicted molar refractivity (Wildman–Crippen MR) is 87.4 cm³/mol. The largest absolute Gasteiger partial charge is 0.497 e. The number of benzene rings is 1. The van der Waals surface area contributed by atoms with Crippen molar-refractivity contribution in [1.29, 1.82) is 0 Å². The number of carbonyl (C=O) groups is 1. The second-order valence-corrected chi connectivity index (χ2v) is 5.30. The van der Waals surface area contributed by atoms with Crippen molar-refractivity contribution in [2.75, 3.05) is 13.7 Å². The smallest absolute Gasteiger partial charge is 0.255 e. The highest BCUT2D eigenvalue weighted by atomic mass is 35.5. The molecule has 0 radical (unpaired) electrons. The standard InChI is InChI=1S/C17H19ClN2O2/c1-4-20(17(21)14-8-9-16(18)19-11-14)12(2)13-6-5-7-15(10-13)22-3/h5-12H,4H2,1-3H3. The zero-order chi connectivity index (χ0) is 16.1. The molecule has 2 aromatic rings. The van der Waals surface area contributed by atoms with Gasteiger partial charge in [-0.25, -0.2) is 4.98 Å². The SMILES string of the molecule is CCN(C(=O)c1ccc(Cl)nc1)C(C)c1cccc(OC)c1. The maximum absolute atomic E-state index is 12.7. The molecule has 1 heterocycles. The van der Waals surface area contributed by atoms with E-state index in [1.165, 1.54) is 6.20 Å². The zero-order valence-corrected chi connectivity index (χ0v) is 13.7. The molecule has 5 heteroatoms. The Bertz CT molecular complexity index is 643. The van der Waals surface area contributed by atoms with Crippen LogP contribution < -0.4 is 4.74 Å². The molecule has 116 valence electrons. The number of nitrogens with zero attached hydrogens (tertiary/aromatic N) is 2. The number of methoxy groups -OCH3 is 1. The van der Waals surface area contributed by atoms with Crippen LogP contribution in [0.2, 0.25) is 5.15 Å². The minimum Gasteiger partial charge on any atom is -0.497 e. The number of carbonyl (C=O) groups excluding carboxylic acids is 1. The van der Waals surface area contributed by atoms with Crippen molar-refractivity contribution >= 4 is 17.5 Å². The summed E-state index contributed by atoms with van der Waals surface area (Å²) in [5, 5.41) is 0.375.